The lowest BCUT2D eigenvalue weighted by Gasteiger charge is -2.15. The predicted molar refractivity (Wildman–Crippen MR) is 102 cm³/mol. The number of aryl methyl sites for hydroxylation is 1. The lowest BCUT2D eigenvalue weighted by atomic mass is 10.1. The fourth-order valence-corrected chi connectivity index (χ4v) is 3.05. The molecule has 1 aromatic carbocycles. The van der Waals surface area contributed by atoms with Crippen LogP contribution in [0.5, 0.6) is 0 Å². The van der Waals surface area contributed by atoms with Gasteiger partial charge >= 0.3 is 6.18 Å². The molecule has 0 radical (unpaired) electrons. The number of carbonyl (C=O) groups is 2. The molecule has 3 rings (SSSR count). The maximum absolute atomic E-state index is 13.5. The molecule has 0 saturated heterocycles. The molecular formula is C18H15F3N4O4S. The lowest BCUT2D eigenvalue weighted by Crippen LogP contribution is -2.19. The number of hydrogen-bond acceptors (Lipinski definition) is 7. The van der Waals surface area contributed by atoms with Crippen LogP contribution in [0.2, 0.25) is 0 Å². The number of halogens is 3. The van der Waals surface area contributed by atoms with Gasteiger partial charge in [0.1, 0.15) is 0 Å². The molecule has 30 heavy (non-hydrogen) atoms. The van der Waals surface area contributed by atoms with E-state index in [0.717, 1.165) is 23.9 Å². The second-order valence-corrected chi connectivity index (χ2v) is 6.95. The molecule has 0 saturated carbocycles. The number of amides is 2. The summed E-state index contributed by atoms with van der Waals surface area (Å²) < 4.78 is 50.1. The number of alkyl halides is 3. The minimum atomic E-state index is -4.75. The molecule has 0 unspecified atom stereocenters. The van der Waals surface area contributed by atoms with Crippen molar-refractivity contribution in [2.24, 2.45) is 0 Å². The number of anilines is 2. The number of rotatable bonds is 7. The highest BCUT2D eigenvalue weighted by molar-refractivity contribution is 7.99. The summed E-state index contributed by atoms with van der Waals surface area (Å²) in [6.07, 6.45) is -3.48. The van der Waals surface area contributed by atoms with Crippen LogP contribution in [0.25, 0.3) is 0 Å². The van der Waals surface area contributed by atoms with Crippen molar-refractivity contribution in [1.82, 2.24) is 10.1 Å². The van der Waals surface area contributed by atoms with Crippen LogP contribution in [0.15, 0.2) is 45.5 Å². The van der Waals surface area contributed by atoms with Crippen molar-refractivity contribution in [3.8, 4) is 0 Å². The van der Waals surface area contributed by atoms with E-state index in [9.17, 15) is 22.8 Å². The van der Waals surface area contributed by atoms with Crippen molar-refractivity contribution < 1.29 is 31.7 Å². The number of nitrogens with zero attached hydrogens (tertiary/aromatic N) is 2. The van der Waals surface area contributed by atoms with Crippen LogP contribution in [0.4, 0.5) is 24.5 Å². The maximum atomic E-state index is 13.5. The minimum absolute atomic E-state index is 0.0465. The first-order chi connectivity index (χ1) is 14.2. The Labute approximate surface area is 172 Å². The smallest absolute Gasteiger partial charge is 0.418 e. The van der Waals surface area contributed by atoms with Gasteiger partial charge in [-0.2, -0.15) is 18.2 Å². The second-order valence-electron chi connectivity index (χ2n) is 5.96. The van der Waals surface area contributed by atoms with Gasteiger partial charge < -0.3 is 19.6 Å². The highest BCUT2D eigenvalue weighted by atomic mass is 32.2. The van der Waals surface area contributed by atoms with E-state index in [1.165, 1.54) is 24.5 Å². The van der Waals surface area contributed by atoms with Crippen LogP contribution < -0.4 is 10.6 Å². The first-order valence-corrected chi connectivity index (χ1v) is 9.61. The van der Waals surface area contributed by atoms with Crippen LogP contribution in [0.3, 0.4) is 0 Å². The summed E-state index contributed by atoms with van der Waals surface area (Å²) >= 11 is 1.12. The molecule has 0 fully saturated rings. The molecule has 2 heterocycles. The molecule has 0 aliphatic rings. The summed E-state index contributed by atoms with van der Waals surface area (Å²) in [5.74, 6) is -0.441. The number of benzene rings is 1. The maximum Gasteiger partial charge on any atom is 0.418 e. The lowest BCUT2D eigenvalue weighted by molar-refractivity contribution is -0.136. The highest BCUT2D eigenvalue weighted by Crippen LogP contribution is 2.36. The van der Waals surface area contributed by atoms with Gasteiger partial charge in [-0.15, -0.1) is 11.8 Å². The van der Waals surface area contributed by atoms with E-state index >= 15 is 0 Å². The Morgan fingerprint density at radius 2 is 2.00 bits per heavy atom. The molecule has 2 amide bonds. The molecule has 8 nitrogen and oxygen atoms in total. The minimum Gasteiger partial charge on any atom is -0.459 e. The molecule has 0 aliphatic carbocycles. The second kappa shape index (κ2) is 9.03. The Bertz CT molecular complexity index is 1030. The van der Waals surface area contributed by atoms with E-state index < -0.39 is 29.2 Å². The number of carbonyl (C=O) groups excluding carboxylic acids is 2. The van der Waals surface area contributed by atoms with Crippen LogP contribution in [-0.4, -0.2) is 27.7 Å². The third-order valence-electron chi connectivity index (χ3n) is 3.64. The Morgan fingerprint density at radius 3 is 2.63 bits per heavy atom. The monoisotopic (exact) mass is 440 g/mol. The first-order valence-electron chi connectivity index (χ1n) is 8.45. The van der Waals surface area contributed by atoms with Gasteiger partial charge in [-0.1, -0.05) is 5.16 Å². The zero-order chi connectivity index (χ0) is 21.7. The van der Waals surface area contributed by atoms with Gasteiger partial charge in [0.05, 0.1) is 29.0 Å². The third-order valence-corrected chi connectivity index (χ3v) is 4.56. The standard InChI is InChI=1S/C18H15F3N4O4S/c1-10-22-15(25-29-10)8-30-9-16(26)24-13-5-4-11(7-12(13)18(19,20)21)23-17(27)14-3-2-6-28-14/h2-7H,8-9H2,1H3,(H,23,27)(H,24,26). The van der Waals surface area contributed by atoms with Crippen LogP contribution in [-0.2, 0) is 16.7 Å². The molecule has 3 aromatic rings. The highest BCUT2D eigenvalue weighted by Gasteiger charge is 2.34. The number of aromatic nitrogens is 2. The molecule has 0 atom stereocenters. The van der Waals surface area contributed by atoms with Crippen molar-refractivity contribution in [2.75, 3.05) is 16.4 Å². The number of furan rings is 1. The molecular weight excluding hydrogens is 425 g/mol. The Hall–Kier alpha value is -3.28. The largest absolute Gasteiger partial charge is 0.459 e. The van der Waals surface area contributed by atoms with Crippen molar-refractivity contribution in [3.05, 3.63) is 59.6 Å². The van der Waals surface area contributed by atoms with E-state index in [-0.39, 0.29) is 23.0 Å². The van der Waals surface area contributed by atoms with Gasteiger partial charge in [0, 0.05) is 12.6 Å². The summed E-state index contributed by atoms with van der Waals surface area (Å²) in [5.41, 5.74) is -1.60. The predicted octanol–water partition coefficient (Wildman–Crippen LogP) is 4.11. The fourth-order valence-electron chi connectivity index (χ4n) is 2.39. The van der Waals surface area contributed by atoms with E-state index in [0.29, 0.717) is 11.7 Å². The summed E-state index contributed by atoms with van der Waals surface area (Å²) in [4.78, 5) is 28.0. The van der Waals surface area contributed by atoms with E-state index in [4.69, 9.17) is 8.94 Å². The van der Waals surface area contributed by atoms with Crippen LogP contribution in [0.1, 0.15) is 27.8 Å². The SMILES string of the molecule is Cc1nc(CSCC(=O)Nc2ccc(NC(=O)c3ccco3)cc2C(F)(F)F)no1. The fraction of sp³-hybridized carbons (Fsp3) is 0.222. The van der Waals surface area contributed by atoms with Gasteiger partial charge in [-0.3, -0.25) is 9.59 Å². The molecule has 2 N–H and O–H groups in total. The summed E-state index contributed by atoms with van der Waals surface area (Å²) in [6, 6.07) is 5.92. The third kappa shape index (κ3) is 5.63. The van der Waals surface area contributed by atoms with Gasteiger partial charge in [-0.05, 0) is 30.3 Å². The Morgan fingerprint density at radius 1 is 1.20 bits per heavy atom. The van der Waals surface area contributed by atoms with E-state index in [2.05, 4.69) is 20.8 Å². The van der Waals surface area contributed by atoms with Crippen molar-refractivity contribution >= 4 is 35.0 Å². The van der Waals surface area contributed by atoms with Crippen molar-refractivity contribution in [1.29, 1.82) is 0 Å². The summed E-state index contributed by atoms with van der Waals surface area (Å²) in [5, 5.41) is 8.23. The van der Waals surface area contributed by atoms with Gasteiger partial charge in [0.15, 0.2) is 11.6 Å². The van der Waals surface area contributed by atoms with Gasteiger partial charge in [0.25, 0.3) is 5.91 Å². The van der Waals surface area contributed by atoms with Crippen LogP contribution in [0, 0.1) is 6.92 Å². The van der Waals surface area contributed by atoms with Gasteiger partial charge in [-0.25, -0.2) is 0 Å². The average Bonchev–Trinajstić information content (AvgIpc) is 3.34. The van der Waals surface area contributed by atoms with Crippen molar-refractivity contribution in [2.45, 2.75) is 18.9 Å². The number of hydrogen-bond donors (Lipinski definition) is 2. The zero-order valence-electron chi connectivity index (χ0n) is 15.4. The normalized spacial score (nSPS) is 11.3. The number of nitrogens with one attached hydrogen (secondary N) is 2. The molecule has 158 valence electrons. The number of thioether (sulfide) groups is 1. The summed E-state index contributed by atoms with van der Waals surface area (Å²) in [7, 11) is 0. The quantitative estimate of drug-likeness (QED) is 0.569. The first kappa shape index (κ1) is 21.4. The molecule has 2 aromatic heterocycles. The molecule has 12 heteroatoms. The topological polar surface area (TPSA) is 110 Å². The molecule has 0 spiro atoms. The Kier molecular flexibility index (Phi) is 6.45. The average molecular weight is 440 g/mol. The molecule has 0 aliphatic heterocycles. The van der Waals surface area contributed by atoms with E-state index in [1.807, 2.05) is 0 Å². The van der Waals surface area contributed by atoms with Gasteiger partial charge in [0.2, 0.25) is 11.8 Å². The van der Waals surface area contributed by atoms with Crippen LogP contribution >= 0.6 is 11.8 Å². The zero-order valence-corrected chi connectivity index (χ0v) is 16.3. The molecule has 0 bridgehead atoms. The van der Waals surface area contributed by atoms with Crippen molar-refractivity contribution in [3.63, 3.8) is 0 Å². The summed E-state index contributed by atoms with van der Waals surface area (Å²) in [6.45, 7) is 1.62. The van der Waals surface area contributed by atoms with E-state index in [1.54, 1.807) is 6.92 Å². The Balaban J connectivity index is 1.65.